The van der Waals surface area contributed by atoms with Crippen LogP contribution in [0.3, 0.4) is 0 Å². The van der Waals surface area contributed by atoms with Crippen molar-refractivity contribution in [3.63, 3.8) is 0 Å². The number of carbonyl (C=O) groups is 1. The normalized spacial score (nSPS) is 12.2. The highest BCUT2D eigenvalue weighted by Crippen LogP contribution is 2.24. The number of sulfonamides is 1. The summed E-state index contributed by atoms with van der Waals surface area (Å²) in [6.07, 6.45) is 0. The third-order valence-corrected chi connectivity index (χ3v) is 5.50. The number of hydrogen-bond acceptors (Lipinski definition) is 4. The first-order chi connectivity index (χ1) is 9.55. The van der Waals surface area contributed by atoms with Crippen LogP contribution in [0.15, 0.2) is 23.1 Å². The quantitative estimate of drug-likeness (QED) is 0.869. The molecule has 0 saturated heterocycles. The van der Waals surface area contributed by atoms with Crippen LogP contribution < -0.4 is 10.0 Å². The average molecular weight is 330 g/mol. The number of amides is 1. The standard InChI is InChI=1S/C14H22N2O3S2/c1-10-6-7-11(8-12(10)21(18,19)15-5)16-13(17)9-20-14(2,3)4/h6-8,15H,9H2,1-5H3,(H,16,17). The Balaban J connectivity index is 2.87. The highest BCUT2D eigenvalue weighted by Gasteiger charge is 2.17. The maximum Gasteiger partial charge on any atom is 0.240 e. The zero-order chi connectivity index (χ0) is 16.3. The number of thioether (sulfide) groups is 1. The Morgan fingerprint density at radius 1 is 1.29 bits per heavy atom. The van der Waals surface area contributed by atoms with E-state index in [1.54, 1.807) is 19.1 Å². The predicted octanol–water partition coefficient (Wildman–Crippen LogP) is 2.37. The lowest BCUT2D eigenvalue weighted by Crippen LogP contribution is -2.21. The lowest BCUT2D eigenvalue weighted by molar-refractivity contribution is -0.113. The van der Waals surface area contributed by atoms with Crippen LogP contribution in [-0.4, -0.2) is 31.9 Å². The summed E-state index contributed by atoms with van der Waals surface area (Å²) in [4.78, 5) is 12.1. The van der Waals surface area contributed by atoms with Crippen molar-refractivity contribution in [1.82, 2.24) is 4.72 Å². The van der Waals surface area contributed by atoms with Gasteiger partial charge in [-0.05, 0) is 31.7 Å². The first-order valence-corrected chi connectivity index (χ1v) is 9.00. The number of rotatable bonds is 5. The van der Waals surface area contributed by atoms with Crippen molar-refractivity contribution in [3.8, 4) is 0 Å². The summed E-state index contributed by atoms with van der Waals surface area (Å²) in [6.45, 7) is 7.82. The summed E-state index contributed by atoms with van der Waals surface area (Å²) >= 11 is 1.54. The summed E-state index contributed by atoms with van der Waals surface area (Å²) in [5.41, 5.74) is 1.11. The fourth-order valence-electron chi connectivity index (χ4n) is 1.56. The Labute approximate surface area is 130 Å². The third-order valence-electron chi connectivity index (χ3n) is 2.67. The zero-order valence-corrected chi connectivity index (χ0v) is 14.6. The minimum Gasteiger partial charge on any atom is -0.325 e. The number of hydrogen-bond donors (Lipinski definition) is 2. The van der Waals surface area contributed by atoms with Crippen LogP contribution in [0.1, 0.15) is 26.3 Å². The molecule has 5 nitrogen and oxygen atoms in total. The van der Waals surface area contributed by atoms with Crippen LogP contribution in [0.5, 0.6) is 0 Å². The van der Waals surface area contributed by atoms with Crippen molar-refractivity contribution in [3.05, 3.63) is 23.8 Å². The van der Waals surface area contributed by atoms with E-state index in [1.165, 1.54) is 24.9 Å². The molecule has 0 aromatic heterocycles. The molecule has 0 heterocycles. The summed E-state index contributed by atoms with van der Waals surface area (Å²) in [5, 5.41) is 2.73. The van der Waals surface area contributed by atoms with Gasteiger partial charge in [0.15, 0.2) is 0 Å². The van der Waals surface area contributed by atoms with Gasteiger partial charge in [-0.1, -0.05) is 26.8 Å². The van der Waals surface area contributed by atoms with Gasteiger partial charge in [0.2, 0.25) is 15.9 Å². The van der Waals surface area contributed by atoms with Gasteiger partial charge in [0.25, 0.3) is 0 Å². The number of aryl methyl sites for hydroxylation is 1. The van der Waals surface area contributed by atoms with E-state index in [9.17, 15) is 13.2 Å². The fourth-order valence-corrected chi connectivity index (χ4v) is 3.19. The molecule has 0 atom stereocenters. The molecule has 1 aromatic carbocycles. The van der Waals surface area contributed by atoms with Crippen molar-refractivity contribution in [2.24, 2.45) is 0 Å². The molecule has 7 heteroatoms. The van der Waals surface area contributed by atoms with Gasteiger partial charge in [-0.25, -0.2) is 13.1 Å². The van der Waals surface area contributed by atoms with Crippen LogP contribution >= 0.6 is 11.8 Å². The zero-order valence-electron chi connectivity index (χ0n) is 13.0. The molecule has 1 amide bonds. The molecule has 0 aliphatic heterocycles. The van der Waals surface area contributed by atoms with E-state index in [4.69, 9.17) is 0 Å². The van der Waals surface area contributed by atoms with Gasteiger partial charge in [0.05, 0.1) is 10.6 Å². The van der Waals surface area contributed by atoms with Crippen molar-refractivity contribution in [1.29, 1.82) is 0 Å². The SMILES string of the molecule is CNS(=O)(=O)c1cc(NC(=O)CSC(C)(C)C)ccc1C. The molecule has 1 rings (SSSR count). The van der Waals surface area contributed by atoms with Crippen molar-refractivity contribution in [2.45, 2.75) is 37.3 Å². The Bertz CT molecular complexity index is 620. The second-order valence-corrected chi connectivity index (χ2v) is 9.29. The molecule has 21 heavy (non-hydrogen) atoms. The second kappa shape index (κ2) is 6.81. The molecular formula is C14H22N2O3S2. The van der Waals surface area contributed by atoms with Crippen LogP contribution in [0, 0.1) is 6.92 Å². The number of benzene rings is 1. The molecule has 0 bridgehead atoms. The van der Waals surface area contributed by atoms with Gasteiger partial charge in [0, 0.05) is 10.4 Å². The fraction of sp³-hybridized carbons (Fsp3) is 0.500. The Morgan fingerprint density at radius 2 is 1.90 bits per heavy atom. The van der Waals surface area contributed by atoms with Gasteiger partial charge in [-0.3, -0.25) is 4.79 Å². The highest BCUT2D eigenvalue weighted by molar-refractivity contribution is 8.01. The largest absolute Gasteiger partial charge is 0.325 e. The van der Waals surface area contributed by atoms with Crippen LogP contribution in [0.4, 0.5) is 5.69 Å². The van der Waals surface area contributed by atoms with E-state index in [0.717, 1.165) is 0 Å². The molecule has 0 fully saturated rings. The lowest BCUT2D eigenvalue weighted by Gasteiger charge is -2.17. The van der Waals surface area contributed by atoms with Crippen LogP contribution in [-0.2, 0) is 14.8 Å². The Hall–Kier alpha value is -1.05. The highest BCUT2D eigenvalue weighted by atomic mass is 32.2. The van der Waals surface area contributed by atoms with Crippen LogP contribution in [0.25, 0.3) is 0 Å². The molecule has 0 saturated carbocycles. The average Bonchev–Trinajstić information content (AvgIpc) is 2.38. The van der Waals surface area contributed by atoms with E-state index in [0.29, 0.717) is 17.0 Å². The predicted molar refractivity (Wildman–Crippen MR) is 88.3 cm³/mol. The number of nitrogens with one attached hydrogen (secondary N) is 2. The first kappa shape index (κ1) is 18.0. The maximum absolute atomic E-state index is 11.9. The summed E-state index contributed by atoms with van der Waals surface area (Å²) in [6, 6.07) is 4.85. The first-order valence-electron chi connectivity index (χ1n) is 6.53. The van der Waals surface area contributed by atoms with E-state index < -0.39 is 10.0 Å². The lowest BCUT2D eigenvalue weighted by atomic mass is 10.2. The van der Waals surface area contributed by atoms with E-state index in [1.807, 2.05) is 20.8 Å². The molecule has 0 radical (unpaired) electrons. The van der Waals surface area contributed by atoms with Gasteiger partial charge in [-0.15, -0.1) is 11.8 Å². The molecule has 118 valence electrons. The molecule has 1 aromatic rings. The third kappa shape index (κ3) is 5.68. The van der Waals surface area contributed by atoms with Crippen LogP contribution in [0.2, 0.25) is 0 Å². The molecule has 0 unspecified atom stereocenters. The van der Waals surface area contributed by atoms with Gasteiger partial charge in [-0.2, -0.15) is 0 Å². The summed E-state index contributed by atoms with van der Waals surface area (Å²) in [7, 11) is -2.17. The van der Waals surface area contributed by atoms with Crippen molar-refractivity contribution in [2.75, 3.05) is 18.1 Å². The van der Waals surface area contributed by atoms with E-state index >= 15 is 0 Å². The maximum atomic E-state index is 11.9. The minimum atomic E-state index is -3.53. The molecule has 0 aliphatic rings. The topological polar surface area (TPSA) is 75.3 Å². The Kier molecular flexibility index (Phi) is 5.83. The molecule has 0 spiro atoms. The molecular weight excluding hydrogens is 308 g/mol. The molecule has 0 aliphatic carbocycles. The number of carbonyl (C=O) groups excluding carboxylic acids is 1. The second-order valence-electron chi connectivity index (χ2n) is 5.64. The summed E-state index contributed by atoms with van der Waals surface area (Å²) < 4.78 is 26.1. The minimum absolute atomic E-state index is 0.00520. The van der Waals surface area contributed by atoms with E-state index in [-0.39, 0.29) is 15.5 Å². The number of anilines is 1. The van der Waals surface area contributed by atoms with Gasteiger partial charge in [0.1, 0.15) is 0 Å². The summed E-state index contributed by atoms with van der Waals surface area (Å²) in [5.74, 6) is 0.178. The van der Waals surface area contributed by atoms with Gasteiger partial charge >= 0.3 is 0 Å². The molecule has 2 N–H and O–H groups in total. The van der Waals surface area contributed by atoms with Crippen molar-refractivity contribution < 1.29 is 13.2 Å². The van der Waals surface area contributed by atoms with E-state index in [2.05, 4.69) is 10.0 Å². The smallest absolute Gasteiger partial charge is 0.240 e. The van der Waals surface area contributed by atoms with Gasteiger partial charge < -0.3 is 5.32 Å². The monoisotopic (exact) mass is 330 g/mol. The Morgan fingerprint density at radius 3 is 2.43 bits per heavy atom. The van der Waals surface area contributed by atoms with Crippen molar-refractivity contribution >= 4 is 33.4 Å².